The molecule has 0 spiro atoms. The molecular weight excluding hydrogens is 289 g/mol. The normalized spacial score (nSPS) is 24.5. The summed E-state index contributed by atoms with van der Waals surface area (Å²) in [5, 5.41) is 11.8. The molecule has 3 atom stereocenters. The zero-order valence-corrected chi connectivity index (χ0v) is 12.2. The third kappa shape index (κ3) is 2.91. The first-order chi connectivity index (χ1) is 10.5. The van der Waals surface area contributed by atoms with Crippen LogP contribution in [-0.2, 0) is 9.59 Å². The van der Waals surface area contributed by atoms with Crippen LogP contribution in [0.2, 0.25) is 0 Å². The van der Waals surface area contributed by atoms with Crippen molar-refractivity contribution in [1.29, 1.82) is 0 Å². The van der Waals surface area contributed by atoms with E-state index in [1.807, 2.05) is 0 Å². The molecule has 0 saturated heterocycles. The van der Waals surface area contributed by atoms with Crippen LogP contribution in [0.1, 0.15) is 30.9 Å². The molecule has 1 amide bonds. The van der Waals surface area contributed by atoms with Crippen LogP contribution in [0.5, 0.6) is 5.75 Å². The van der Waals surface area contributed by atoms with Crippen LogP contribution in [0.25, 0.3) is 0 Å². The van der Waals surface area contributed by atoms with Gasteiger partial charge >= 0.3 is 5.97 Å². The predicted molar refractivity (Wildman–Crippen MR) is 75.8 cm³/mol. The number of hydrogen-bond acceptors (Lipinski definition) is 3. The fraction of sp³-hybridized carbons (Fsp3) is 0.500. The molecular formula is C16H18FNO4. The van der Waals surface area contributed by atoms with Gasteiger partial charge in [0.15, 0.2) is 17.6 Å². The van der Waals surface area contributed by atoms with Crippen LogP contribution in [0.4, 0.5) is 4.39 Å². The van der Waals surface area contributed by atoms with Gasteiger partial charge in [-0.1, -0.05) is 6.07 Å². The molecule has 22 heavy (non-hydrogen) atoms. The molecule has 6 heteroatoms. The van der Waals surface area contributed by atoms with Crippen molar-refractivity contribution < 1.29 is 23.8 Å². The zero-order valence-electron chi connectivity index (χ0n) is 12.2. The van der Waals surface area contributed by atoms with E-state index in [0.29, 0.717) is 11.8 Å². The Kier molecular flexibility index (Phi) is 3.76. The molecule has 2 saturated carbocycles. The lowest BCUT2D eigenvalue weighted by Crippen LogP contribution is -2.35. The maximum Gasteiger partial charge on any atom is 0.330 e. The van der Waals surface area contributed by atoms with Crippen molar-refractivity contribution in [1.82, 2.24) is 5.32 Å². The number of halogens is 1. The van der Waals surface area contributed by atoms with E-state index in [0.717, 1.165) is 12.5 Å². The lowest BCUT2D eigenvalue weighted by Gasteiger charge is -2.16. The lowest BCUT2D eigenvalue weighted by atomic mass is 10.1. The first-order valence-corrected chi connectivity index (χ1v) is 7.38. The van der Waals surface area contributed by atoms with Gasteiger partial charge < -0.3 is 15.2 Å². The second kappa shape index (κ2) is 5.59. The Morgan fingerprint density at radius 1 is 1.41 bits per heavy atom. The van der Waals surface area contributed by atoms with E-state index in [1.54, 1.807) is 0 Å². The monoisotopic (exact) mass is 307 g/mol. The quantitative estimate of drug-likeness (QED) is 0.844. The molecule has 1 aromatic carbocycles. The molecule has 3 unspecified atom stereocenters. The fourth-order valence-electron chi connectivity index (χ4n) is 2.96. The van der Waals surface area contributed by atoms with Crippen molar-refractivity contribution in [3.05, 3.63) is 29.6 Å². The smallest absolute Gasteiger partial charge is 0.330 e. The number of carbonyl (C=O) groups excluding carboxylic acids is 1. The summed E-state index contributed by atoms with van der Waals surface area (Å²) >= 11 is 0. The Hall–Kier alpha value is -2.11. The van der Waals surface area contributed by atoms with E-state index in [1.165, 1.54) is 32.1 Å². The molecule has 2 fully saturated rings. The molecule has 0 aliphatic heterocycles. The maximum absolute atomic E-state index is 13.7. The molecule has 0 heterocycles. The Balaban J connectivity index is 1.71. The molecule has 0 bridgehead atoms. The number of aliphatic carboxylic acids is 1. The Morgan fingerprint density at radius 2 is 2.14 bits per heavy atom. The van der Waals surface area contributed by atoms with Crippen molar-refractivity contribution in [2.75, 3.05) is 7.11 Å². The van der Waals surface area contributed by atoms with Crippen LogP contribution in [0.15, 0.2) is 18.2 Å². The van der Waals surface area contributed by atoms with Gasteiger partial charge in [0, 0.05) is 5.92 Å². The minimum absolute atomic E-state index is 0.0372. The first-order valence-electron chi connectivity index (χ1n) is 7.38. The standard InChI is InChI=1S/C16H18FNO4/c1-22-13-5-4-9(6-12(13)17)14(16(20)21)18-15(19)11-7-10(11)8-2-3-8/h4-6,8,10-11,14H,2-3,7H2,1H3,(H,18,19)(H,20,21). The number of ether oxygens (including phenoxy) is 1. The van der Waals surface area contributed by atoms with Crippen LogP contribution in [0, 0.1) is 23.6 Å². The molecule has 2 aliphatic rings. The SMILES string of the molecule is COc1ccc(C(NC(=O)C2CC2C2CC2)C(=O)O)cc1F. The fourth-order valence-corrected chi connectivity index (χ4v) is 2.96. The van der Waals surface area contributed by atoms with Gasteiger partial charge in [-0.3, -0.25) is 4.79 Å². The third-order valence-electron chi connectivity index (χ3n) is 4.45. The summed E-state index contributed by atoms with van der Waals surface area (Å²) in [4.78, 5) is 23.6. The van der Waals surface area contributed by atoms with Crippen LogP contribution in [-0.4, -0.2) is 24.1 Å². The van der Waals surface area contributed by atoms with Crippen LogP contribution >= 0.6 is 0 Å². The zero-order chi connectivity index (χ0) is 15.9. The number of nitrogens with one attached hydrogen (secondary N) is 1. The number of rotatable bonds is 6. The van der Waals surface area contributed by atoms with Gasteiger partial charge in [-0.15, -0.1) is 0 Å². The molecule has 0 radical (unpaired) electrons. The number of benzene rings is 1. The van der Waals surface area contributed by atoms with Crippen molar-refractivity contribution in [2.24, 2.45) is 17.8 Å². The Labute approximate surface area is 127 Å². The summed E-state index contributed by atoms with van der Waals surface area (Å²) in [6.45, 7) is 0. The average molecular weight is 307 g/mol. The molecule has 0 aromatic heterocycles. The van der Waals surface area contributed by atoms with Gasteiger partial charge in [0.2, 0.25) is 5.91 Å². The minimum Gasteiger partial charge on any atom is -0.494 e. The first kappa shape index (κ1) is 14.8. The summed E-state index contributed by atoms with van der Waals surface area (Å²) < 4.78 is 18.5. The van der Waals surface area contributed by atoms with Gasteiger partial charge in [0.1, 0.15) is 0 Å². The van der Waals surface area contributed by atoms with Crippen LogP contribution in [0.3, 0.4) is 0 Å². The molecule has 118 valence electrons. The summed E-state index contributed by atoms with van der Waals surface area (Å²) in [5.41, 5.74) is 0.197. The summed E-state index contributed by atoms with van der Waals surface area (Å²) in [7, 11) is 1.33. The summed E-state index contributed by atoms with van der Waals surface area (Å²) in [6.07, 6.45) is 3.17. The van der Waals surface area contributed by atoms with Crippen LogP contribution < -0.4 is 10.1 Å². The van der Waals surface area contributed by atoms with Gasteiger partial charge in [-0.25, -0.2) is 9.18 Å². The van der Waals surface area contributed by atoms with E-state index in [4.69, 9.17) is 4.74 Å². The molecule has 1 aromatic rings. The highest BCUT2D eigenvalue weighted by molar-refractivity contribution is 5.87. The van der Waals surface area contributed by atoms with Gasteiger partial charge in [0.25, 0.3) is 0 Å². The second-order valence-electron chi connectivity index (χ2n) is 6.02. The molecule has 2 N–H and O–H groups in total. The Bertz CT molecular complexity index is 614. The topological polar surface area (TPSA) is 75.6 Å². The van der Waals surface area contributed by atoms with E-state index in [-0.39, 0.29) is 23.1 Å². The predicted octanol–water partition coefficient (Wildman–Crippen LogP) is 2.12. The van der Waals surface area contributed by atoms with Crippen molar-refractivity contribution in [3.8, 4) is 5.75 Å². The number of methoxy groups -OCH3 is 1. The minimum atomic E-state index is -1.24. The molecule has 3 rings (SSSR count). The summed E-state index contributed by atoms with van der Waals surface area (Å²) in [6, 6.07) is 2.65. The third-order valence-corrected chi connectivity index (χ3v) is 4.45. The Morgan fingerprint density at radius 3 is 2.68 bits per heavy atom. The summed E-state index contributed by atoms with van der Waals surface area (Å²) in [5.74, 6) is -1.11. The number of carbonyl (C=O) groups is 2. The van der Waals surface area contributed by atoms with Crippen molar-refractivity contribution in [3.63, 3.8) is 0 Å². The molecule has 5 nitrogen and oxygen atoms in total. The van der Waals surface area contributed by atoms with Crippen molar-refractivity contribution in [2.45, 2.75) is 25.3 Å². The van der Waals surface area contributed by atoms with Gasteiger partial charge in [-0.2, -0.15) is 0 Å². The van der Waals surface area contributed by atoms with Gasteiger partial charge in [-0.05, 0) is 48.8 Å². The number of carboxylic acid groups (broad SMARTS) is 1. The van der Waals surface area contributed by atoms with E-state index >= 15 is 0 Å². The van der Waals surface area contributed by atoms with Gasteiger partial charge in [0.05, 0.1) is 7.11 Å². The number of hydrogen-bond donors (Lipinski definition) is 2. The lowest BCUT2D eigenvalue weighted by molar-refractivity contribution is -0.142. The number of amides is 1. The highest BCUT2D eigenvalue weighted by atomic mass is 19.1. The highest BCUT2D eigenvalue weighted by Crippen LogP contribution is 2.54. The molecule has 2 aliphatic carbocycles. The van der Waals surface area contributed by atoms with E-state index in [9.17, 15) is 19.1 Å². The maximum atomic E-state index is 13.7. The second-order valence-corrected chi connectivity index (χ2v) is 6.02. The average Bonchev–Trinajstić information content (AvgIpc) is 3.35. The van der Waals surface area contributed by atoms with E-state index < -0.39 is 17.8 Å². The van der Waals surface area contributed by atoms with E-state index in [2.05, 4.69) is 5.32 Å². The highest BCUT2D eigenvalue weighted by Gasteiger charge is 2.51. The largest absolute Gasteiger partial charge is 0.494 e. The van der Waals surface area contributed by atoms with Crippen molar-refractivity contribution >= 4 is 11.9 Å². The number of carboxylic acids is 1.